The highest BCUT2D eigenvalue weighted by Gasteiger charge is 2.09. The Balaban J connectivity index is 1.99. The number of hydrogen-bond acceptors (Lipinski definition) is 4. The first-order valence-electron chi connectivity index (χ1n) is 5.55. The van der Waals surface area contributed by atoms with Crippen LogP contribution in [0.1, 0.15) is 23.0 Å². The molecule has 19 heavy (non-hydrogen) atoms. The van der Waals surface area contributed by atoms with E-state index < -0.39 is 0 Å². The minimum Gasteiger partial charge on any atom is -0.302 e. The fourth-order valence-electron chi connectivity index (χ4n) is 1.49. The Morgan fingerprint density at radius 1 is 1.42 bits per heavy atom. The molecule has 0 radical (unpaired) electrons. The van der Waals surface area contributed by atoms with Gasteiger partial charge in [0.05, 0.1) is 6.42 Å². The van der Waals surface area contributed by atoms with Crippen molar-refractivity contribution in [3.05, 3.63) is 46.7 Å². The summed E-state index contributed by atoms with van der Waals surface area (Å²) in [5, 5.41) is 4.53. The van der Waals surface area contributed by atoms with Gasteiger partial charge in [0.2, 0.25) is 5.91 Å². The van der Waals surface area contributed by atoms with Crippen molar-refractivity contribution in [3.8, 4) is 0 Å². The molecule has 0 aliphatic rings. The topological polar surface area (TPSA) is 59.1 Å². The van der Waals surface area contributed by atoms with Gasteiger partial charge in [-0.25, -0.2) is 9.37 Å². The van der Waals surface area contributed by atoms with Crippen LogP contribution in [0.25, 0.3) is 0 Å². The molecule has 0 bridgehead atoms. The molecule has 2 aromatic rings. The zero-order valence-corrected chi connectivity index (χ0v) is 11.0. The van der Waals surface area contributed by atoms with Crippen LogP contribution >= 0.6 is 11.3 Å². The number of rotatable bonds is 4. The second kappa shape index (κ2) is 5.71. The van der Waals surface area contributed by atoms with Crippen molar-refractivity contribution in [2.24, 2.45) is 0 Å². The SMILES string of the molecule is CC(=O)c1csc(NC(=O)Cc2cccc(F)c2)n1. The van der Waals surface area contributed by atoms with Gasteiger partial charge in [-0.1, -0.05) is 12.1 Å². The van der Waals surface area contributed by atoms with Crippen molar-refractivity contribution in [1.82, 2.24) is 4.98 Å². The van der Waals surface area contributed by atoms with E-state index in [-0.39, 0.29) is 23.9 Å². The van der Waals surface area contributed by atoms with Crippen molar-refractivity contribution in [2.45, 2.75) is 13.3 Å². The summed E-state index contributed by atoms with van der Waals surface area (Å²) in [5.74, 6) is -0.824. The molecule has 0 atom stereocenters. The highest BCUT2D eigenvalue weighted by atomic mass is 32.1. The van der Waals surface area contributed by atoms with Gasteiger partial charge in [-0.3, -0.25) is 9.59 Å². The van der Waals surface area contributed by atoms with Gasteiger partial charge in [-0.15, -0.1) is 11.3 Å². The molecule has 1 aromatic carbocycles. The van der Waals surface area contributed by atoms with E-state index >= 15 is 0 Å². The molecule has 1 heterocycles. The number of Topliss-reactive ketones (excluding diaryl/α,β-unsaturated/α-hetero) is 1. The van der Waals surface area contributed by atoms with Crippen molar-refractivity contribution in [3.63, 3.8) is 0 Å². The predicted molar refractivity (Wildman–Crippen MR) is 70.9 cm³/mol. The Bertz CT molecular complexity index is 625. The monoisotopic (exact) mass is 278 g/mol. The summed E-state index contributed by atoms with van der Waals surface area (Å²) in [6, 6.07) is 5.85. The van der Waals surface area contributed by atoms with E-state index in [9.17, 15) is 14.0 Å². The Morgan fingerprint density at radius 3 is 2.84 bits per heavy atom. The number of amides is 1. The lowest BCUT2D eigenvalue weighted by molar-refractivity contribution is -0.115. The van der Waals surface area contributed by atoms with E-state index in [0.29, 0.717) is 16.4 Å². The van der Waals surface area contributed by atoms with E-state index in [4.69, 9.17) is 0 Å². The van der Waals surface area contributed by atoms with E-state index in [1.807, 2.05) is 0 Å². The van der Waals surface area contributed by atoms with Crippen molar-refractivity contribution in [1.29, 1.82) is 0 Å². The van der Waals surface area contributed by atoms with Crippen LogP contribution in [0.4, 0.5) is 9.52 Å². The Labute approximate surface area is 113 Å². The largest absolute Gasteiger partial charge is 0.302 e. The number of carbonyl (C=O) groups excluding carboxylic acids is 2. The number of nitrogens with one attached hydrogen (secondary N) is 1. The standard InChI is InChI=1S/C13H11FN2O2S/c1-8(17)11-7-19-13(15-11)16-12(18)6-9-3-2-4-10(14)5-9/h2-5,7H,6H2,1H3,(H,15,16,18). The van der Waals surface area contributed by atoms with Crippen LogP contribution in [-0.2, 0) is 11.2 Å². The normalized spacial score (nSPS) is 10.2. The summed E-state index contributed by atoms with van der Waals surface area (Å²) in [6.07, 6.45) is 0.0622. The average Bonchev–Trinajstić information content (AvgIpc) is 2.77. The Kier molecular flexibility index (Phi) is 4.01. The molecule has 6 heteroatoms. The average molecular weight is 278 g/mol. The molecule has 0 fully saturated rings. The molecule has 0 aliphatic heterocycles. The number of nitrogens with zero attached hydrogens (tertiary/aromatic N) is 1. The number of benzene rings is 1. The lowest BCUT2D eigenvalue weighted by Crippen LogP contribution is -2.14. The maximum absolute atomic E-state index is 13.0. The number of thiazole rings is 1. The molecule has 2 rings (SSSR count). The maximum Gasteiger partial charge on any atom is 0.230 e. The van der Waals surface area contributed by atoms with Crippen LogP contribution in [0.2, 0.25) is 0 Å². The first kappa shape index (κ1) is 13.4. The Hall–Kier alpha value is -2.08. The van der Waals surface area contributed by atoms with E-state index in [1.54, 1.807) is 17.5 Å². The third-order valence-electron chi connectivity index (χ3n) is 2.36. The molecule has 98 valence electrons. The predicted octanol–water partition coefficient (Wildman–Crippen LogP) is 2.67. The number of carbonyl (C=O) groups is 2. The van der Waals surface area contributed by atoms with Gasteiger partial charge < -0.3 is 5.32 Å². The summed E-state index contributed by atoms with van der Waals surface area (Å²) in [7, 11) is 0. The van der Waals surface area contributed by atoms with Crippen LogP contribution in [-0.4, -0.2) is 16.7 Å². The maximum atomic E-state index is 13.0. The zero-order valence-electron chi connectivity index (χ0n) is 10.1. The van der Waals surface area contributed by atoms with Gasteiger partial charge in [0.15, 0.2) is 10.9 Å². The van der Waals surface area contributed by atoms with Crippen molar-refractivity contribution in [2.75, 3.05) is 5.32 Å². The van der Waals surface area contributed by atoms with Gasteiger partial charge >= 0.3 is 0 Å². The molecule has 1 aromatic heterocycles. The summed E-state index contributed by atoms with van der Waals surface area (Å²) in [5.41, 5.74) is 0.909. The van der Waals surface area contributed by atoms with Gasteiger partial charge in [-0.2, -0.15) is 0 Å². The Morgan fingerprint density at radius 2 is 2.21 bits per heavy atom. The molecule has 0 saturated carbocycles. The van der Waals surface area contributed by atoms with Crippen LogP contribution in [0, 0.1) is 5.82 Å². The number of ketones is 1. The first-order chi connectivity index (χ1) is 9.04. The summed E-state index contributed by atoms with van der Waals surface area (Å²) < 4.78 is 13.0. The zero-order chi connectivity index (χ0) is 13.8. The van der Waals surface area contributed by atoms with Gasteiger partial charge in [-0.05, 0) is 17.7 Å². The molecule has 4 nitrogen and oxygen atoms in total. The second-order valence-electron chi connectivity index (χ2n) is 3.95. The molecule has 0 aliphatic carbocycles. The van der Waals surface area contributed by atoms with Gasteiger partial charge in [0, 0.05) is 12.3 Å². The quantitative estimate of drug-likeness (QED) is 0.875. The third kappa shape index (κ3) is 3.69. The van der Waals surface area contributed by atoms with Crippen molar-refractivity contribution < 1.29 is 14.0 Å². The molecule has 1 N–H and O–H groups in total. The highest BCUT2D eigenvalue weighted by molar-refractivity contribution is 7.14. The molecule has 0 spiro atoms. The van der Waals surface area contributed by atoms with Crippen LogP contribution in [0.5, 0.6) is 0 Å². The lowest BCUT2D eigenvalue weighted by atomic mass is 10.1. The molecule has 0 unspecified atom stereocenters. The summed E-state index contributed by atoms with van der Waals surface area (Å²) in [4.78, 5) is 26.8. The number of halogens is 1. The highest BCUT2D eigenvalue weighted by Crippen LogP contribution is 2.16. The fourth-order valence-corrected chi connectivity index (χ4v) is 2.25. The molecule has 1 amide bonds. The van der Waals surface area contributed by atoms with Crippen LogP contribution in [0.15, 0.2) is 29.6 Å². The first-order valence-corrected chi connectivity index (χ1v) is 6.43. The minimum absolute atomic E-state index is 0.0622. The van der Waals surface area contributed by atoms with Crippen molar-refractivity contribution >= 4 is 28.2 Å². The van der Waals surface area contributed by atoms with E-state index in [2.05, 4.69) is 10.3 Å². The third-order valence-corrected chi connectivity index (χ3v) is 3.12. The summed E-state index contributed by atoms with van der Waals surface area (Å²) in [6.45, 7) is 1.41. The van der Waals surface area contributed by atoms with Gasteiger partial charge in [0.25, 0.3) is 0 Å². The van der Waals surface area contributed by atoms with E-state index in [0.717, 1.165) is 0 Å². The van der Waals surface area contributed by atoms with Gasteiger partial charge in [0.1, 0.15) is 11.5 Å². The smallest absolute Gasteiger partial charge is 0.230 e. The second-order valence-corrected chi connectivity index (χ2v) is 4.81. The fraction of sp³-hybridized carbons (Fsp3) is 0.154. The molecular weight excluding hydrogens is 267 g/mol. The van der Waals surface area contributed by atoms with E-state index in [1.165, 1.54) is 30.4 Å². The number of aromatic nitrogens is 1. The molecule has 0 saturated heterocycles. The van der Waals surface area contributed by atoms with Crippen LogP contribution < -0.4 is 5.32 Å². The summed E-state index contributed by atoms with van der Waals surface area (Å²) >= 11 is 1.18. The van der Waals surface area contributed by atoms with Crippen LogP contribution in [0.3, 0.4) is 0 Å². The molecular formula is C13H11FN2O2S. The minimum atomic E-state index is -0.376. The number of hydrogen-bond donors (Lipinski definition) is 1. The lowest BCUT2D eigenvalue weighted by Gasteiger charge is -2.02. The number of anilines is 1.